The summed E-state index contributed by atoms with van der Waals surface area (Å²) in [6, 6.07) is 0. The van der Waals surface area contributed by atoms with Gasteiger partial charge in [0.1, 0.15) is 0 Å². The van der Waals surface area contributed by atoms with E-state index in [-0.39, 0.29) is 0 Å². The fourth-order valence-electron chi connectivity index (χ4n) is 1.63. The molecule has 58 valence electrons. The molecule has 3 rings (SSSR count). The van der Waals surface area contributed by atoms with Crippen molar-refractivity contribution in [3.63, 3.8) is 0 Å². The molecule has 0 amide bonds. The number of hydrogen-bond donors (Lipinski definition) is 0. The van der Waals surface area contributed by atoms with Crippen LogP contribution in [0.3, 0.4) is 0 Å². The van der Waals surface area contributed by atoms with Crippen molar-refractivity contribution in [2.45, 2.75) is 6.42 Å². The Morgan fingerprint density at radius 3 is 3.33 bits per heavy atom. The lowest BCUT2D eigenvalue weighted by molar-refractivity contribution is 1.32. The van der Waals surface area contributed by atoms with Crippen molar-refractivity contribution >= 4 is 35.9 Å². The molecule has 1 aliphatic heterocycles. The monoisotopic (exact) mass is 173 g/mol. The highest BCUT2D eigenvalue weighted by Crippen LogP contribution is 2.11. The van der Waals surface area contributed by atoms with Crippen LogP contribution < -0.4 is 9.06 Å². The summed E-state index contributed by atoms with van der Waals surface area (Å²) in [5, 5.41) is 0. The number of rotatable bonds is 0. The summed E-state index contributed by atoms with van der Waals surface area (Å²) in [5.74, 6) is 0. The van der Waals surface area contributed by atoms with Crippen molar-refractivity contribution in [3.05, 3.63) is 26.3 Å². The maximum absolute atomic E-state index is 4.15. The Morgan fingerprint density at radius 2 is 2.33 bits per heavy atom. The van der Waals surface area contributed by atoms with Gasteiger partial charge in [-0.15, -0.1) is 11.3 Å². The predicted molar refractivity (Wildman–Crippen MR) is 53.7 cm³/mol. The Labute approximate surface area is 74.1 Å². The second kappa shape index (κ2) is 2.17. The van der Waals surface area contributed by atoms with Crippen LogP contribution in [0.4, 0.5) is 0 Å². The van der Waals surface area contributed by atoms with Gasteiger partial charge in [0.05, 0.1) is 4.53 Å². The fraction of sp³-hybridized carbons (Fsp3) is 0.100. The fourth-order valence-corrected chi connectivity index (χ4v) is 2.75. The van der Waals surface area contributed by atoms with Crippen LogP contribution in [0.15, 0.2) is 11.1 Å². The number of hydrogen-bond acceptors (Lipinski definition) is 2. The molecule has 2 heteroatoms. The molecule has 1 nitrogen and oxygen atoms in total. The molecule has 1 aromatic heterocycles. The first kappa shape index (κ1) is 6.38. The quantitative estimate of drug-likeness (QED) is 0.553. The van der Waals surface area contributed by atoms with Crippen LogP contribution in [0.5, 0.6) is 0 Å². The summed E-state index contributed by atoms with van der Waals surface area (Å²) in [6.07, 6.45) is 11.4. The van der Waals surface area contributed by atoms with E-state index in [1.807, 2.05) is 23.8 Å². The zero-order chi connectivity index (χ0) is 7.97. The Kier molecular flexibility index (Phi) is 1.15. The third-order valence-corrected chi connectivity index (χ3v) is 3.36. The Balaban J connectivity index is 2.47. The van der Waals surface area contributed by atoms with E-state index in [1.165, 1.54) is 20.2 Å². The van der Waals surface area contributed by atoms with Crippen LogP contribution >= 0.6 is 11.3 Å². The molecule has 0 radical (unpaired) electrons. The van der Waals surface area contributed by atoms with E-state index in [9.17, 15) is 0 Å². The molecule has 1 aromatic rings. The van der Waals surface area contributed by atoms with Gasteiger partial charge in [0.15, 0.2) is 0 Å². The van der Waals surface area contributed by atoms with Crippen LogP contribution in [0.1, 0.15) is 11.1 Å². The molecule has 0 bridgehead atoms. The van der Waals surface area contributed by atoms with E-state index in [4.69, 9.17) is 0 Å². The Bertz CT molecular complexity index is 503. The predicted octanol–water partition coefficient (Wildman–Crippen LogP) is 0.920. The minimum Gasteiger partial charge on any atom is -0.267 e. The summed E-state index contributed by atoms with van der Waals surface area (Å²) < 4.78 is 2.73. The smallest absolute Gasteiger partial charge is 0.0501 e. The van der Waals surface area contributed by atoms with Gasteiger partial charge in [-0.1, -0.05) is 12.2 Å². The van der Waals surface area contributed by atoms with Gasteiger partial charge in [0.2, 0.25) is 0 Å². The first-order chi connectivity index (χ1) is 5.95. The van der Waals surface area contributed by atoms with Crippen molar-refractivity contribution in [2.75, 3.05) is 0 Å². The minimum absolute atomic E-state index is 0.996. The highest BCUT2D eigenvalue weighted by molar-refractivity contribution is 7.08. The molecule has 0 aromatic carbocycles. The first-order valence-corrected chi connectivity index (χ1v) is 4.79. The van der Waals surface area contributed by atoms with Crippen molar-refractivity contribution in [2.24, 2.45) is 4.99 Å². The standard InChI is InChI=1S/C10H7NS/c1-2-7-8-4-5-11-6-10(8)12-9(7)3-1/h1-3,5-6H,4H2. The number of fused-ring (bicyclic) bond motifs is 3. The van der Waals surface area contributed by atoms with Crippen molar-refractivity contribution in [3.8, 4) is 0 Å². The minimum atomic E-state index is 0.996. The van der Waals surface area contributed by atoms with Gasteiger partial charge in [-0.3, -0.25) is 4.99 Å². The molecule has 2 heterocycles. The SMILES string of the molecule is C1=Cc2c3c(sc2=C1)=CN=CC3. The van der Waals surface area contributed by atoms with Gasteiger partial charge in [-0.05, 0) is 17.2 Å². The topological polar surface area (TPSA) is 12.4 Å². The average molecular weight is 173 g/mol. The molecule has 0 fully saturated rings. The largest absolute Gasteiger partial charge is 0.267 e. The van der Waals surface area contributed by atoms with Crippen molar-refractivity contribution in [1.82, 2.24) is 0 Å². The molecule has 0 atom stereocenters. The van der Waals surface area contributed by atoms with E-state index in [0.717, 1.165) is 6.42 Å². The van der Waals surface area contributed by atoms with Gasteiger partial charge in [-0.25, -0.2) is 0 Å². The second-order valence-electron chi connectivity index (χ2n) is 2.91. The van der Waals surface area contributed by atoms with Gasteiger partial charge >= 0.3 is 0 Å². The van der Waals surface area contributed by atoms with E-state index in [0.29, 0.717) is 0 Å². The van der Waals surface area contributed by atoms with Crippen molar-refractivity contribution < 1.29 is 0 Å². The highest BCUT2D eigenvalue weighted by atomic mass is 32.1. The lowest BCUT2D eigenvalue weighted by atomic mass is 10.1. The maximum atomic E-state index is 4.15. The summed E-state index contributed by atoms with van der Waals surface area (Å²) >= 11 is 1.84. The van der Waals surface area contributed by atoms with Crippen LogP contribution in [-0.2, 0) is 6.42 Å². The molecule has 12 heavy (non-hydrogen) atoms. The zero-order valence-electron chi connectivity index (χ0n) is 6.45. The molecular formula is C10H7NS. The lowest BCUT2D eigenvalue weighted by Crippen LogP contribution is -2.06. The normalized spacial score (nSPS) is 16.7. The molecule has 0 N–H and O–H groups in total. The van der Waals surface area contributed by atoms with Crippen LogP contribution in [-0.4, -0.2) is 6.21 Å². The molecule has 0 saturated carbocycles. The summed E-state index contributed by atoms with van der Waals surface area (Å²) in [7, 11) is 0. The van der Waals surface area contributed by atoms with Crippen LogP contribution in [0.2, 0.25) is 0 Å². The number of allylic oxidation sites excluding steroid dienone is 1. The van der Waals surface area contributed by atoms with E-state index < -0.39 is 0 Å². The van der Waals surface area contributed by atoms with Crippen molar-refractivity contribution in [1.29, 1.82) is 0 Å². The van der Waals surface area contributed by atoms with Gasteiger partial charge < -0.3 is 0 Å². The third kappa shape index (κ3) is 0.703. The average Bonchev–Trinajstić information content (AvgIpc) is 2.62. The summed E-state index contributed by atoms with van der Waals surface area (Å²) in [5.41, 5.74) is 2.87. The lowest BCUT2D eigenvalue weighted by Gasteiger charge is -1.97. The first-order valence-electron chi connectivity index (χ1n) is 3.97. The number of nitrogens with zero attached hydrogens (tertiary/aromatic N) is 1. The van der Waals surface area contributed by atoms with E-state index in [2.05, 4.69) is 23.2 Å². The zero-order valence-corrected chi connectivity index (χ0v) is 7.27. The third-order valence-electron chi connectivity index (χ3n) is 2.21. The Hall–Kier alpha value is -1.15. The molecule has 1 aliphatic carbocycles. The Morgan fingerprint density at radius 1 is 1.33 bits per heavy atom. The molecule has 2 aliphatic rings. The van der Waals surface area contributed by atoms with Gasteiger partial charge in [0, 0.05) is 23.4 Å². The second-order valence-corrected chi connectivity index (χ2v) is 4.00. The van der Waals surface area contributed by atoms with E-state index >= 15 is 0 Å². The van der Waals surface area contributed by atoms with Crippen LogP contribution in [0.25, 0.3) is 18.4 Å². The summed E-state index contributed by atoms with van der Waals surface area (Å²) in [4.78, 5) is 4.15. The van der Waals surface area contributed by atoms with E-state index in [1.54, 1.807) is 0 Å². The summed E-state index contributed by atoms with van der Waals surface area (Å²) in [6.45, 7) is 0. The maximum Gasteiger partial charge on any atom is 0.0501 e. The highest BCUT2D eigenvalue weighted by Gasteiger charge is 2.10. The van der Waals surface area contributed by atoms with Gasteiger partial charge in [0.25, 0.3) is 0 Å². The molecular weight excluding hydrogens is 166 g/mol. The molecule has 0 unspecified atom stereocenters. The number of aliphatic imine (C=N–C) groups is 1. The number of thiophene rings is 1. The van der Waals surface area contributed by atoms with Gasteiger partial charge in [-0.2, -0.15) is 0 Å². The molecule has 0 spiro atoms. The van der Waals surface area contributed by atoms with Crippen LogP contribution in [0, 0.1) is 0 Å². The molecule has 0 saturated heterocycles.